The number of rotatable bonds is 8. The Morgan fingerprint density at radius 1 is 1.08 bits per heavy atom. The molecule has 1 saturated heterocycles. The predicted molar refractivity (Wildman–Crippen MR) is 96.8 cm³/mol. The number of hydrogen-bond acceptors (Lipinski definition) is 4. The number of fused-ring (bicyclic) bond motifs is 1. The van der Waals surface area contributed by atoms with Crippen molar-refractivity contribution >= 4 is 17.7 Å². The van der Waals surface area contributed by atoms with Crippen LogP contribution in [0.3, 0.4) is 0 Å². The predicted octanol–water partition coefficient (Wildman–Crippen LogP) is 1.79. The van der Waals surface area contributed by atoms with Crippen LogP contribution in [0.15, 0.2) is 0 Å². The Labute approximate surface area is 151 Å². The largest absolute Gasteiger partial charge is 0.355 e. The molecule has 2 atom stereocenters. The monoisotopic (exact) mass is 351 g/mol. The SMILES string of the molecule is CC(C)N(CCNC(=O)CCN1C(=O)C2CCCCC2C1=O)C(C)C. The molecule has 2 aliphatic rings. The summed E-state index contributed by atoms with van der Waals surface area (Å²) < 4.78 is 0. The van der Waals surface area contributed by atoms with E-state index in [9.17, 15) is 14.4 Å². The lowest BCUT2D eigenvalue weighted by Crippen LogP contribution is -2.43. The zero-order valence-corrected chi connectivity index (χ0v) is 16.1. The van der Waals surface area contributed by atoms with Crippen molar-refractivity contribution in [3.8, 4) is 0 Å². The van der Waals surface area contributed by atoms with Crippen LogP contribution in [0.25, 0.3) is 0 Å². The number of nitrogens with one attached hydrogen (secondary N) is 1. The van der Waals surface area contributed by atoms with E-state index in [-0.39, 0.29) is 42.5 Å². The molecule has 6 nitrogen and oxygen atoms in total. The summed E-state index contributed by atoms with van der Waals surface area (Å²) in [6, 6.07) is 0.861. The van der Waals surface area contributed by atoms with Gasteiger partial charge in [-0.25, -0.2) is 0 Å². The van der Waals surface area contributed by atoms with E-state index in [1.54, 1.807) is 0 Å². The molecule has 0 aromatic carbocycles. The van der Waals surface area contributed by atoms with E-state index in [1.165, 1.54) is 4.90 Å². The standard InChI is InChI=1S/C19H33N3O3/c1-13(2)21(14(3)4)12-10-20-17(23)9-11-22-18(24)15-7-5-6-8-16(15)19(22)25/h13-16H,5-12H2,1-4H3,(H,20,23). The summed E-state index contributed by atoms with van der Waals surface area (Å²) in [6.07, 6.45) is 3.88. The van der Waals surface area contributed by atoms with Crippen LogP contribution in [0.1, 0.15) is 59.8 Å². The molecule has 2 unspecified atom stereocenters. The number of likely N-dealkylation sites (tertiary alicyclic amines) is 1. The Balaban J connectivity index is 1.75. The second-order valence-electron chi connectivity index (χ2n) is 7.85. The molecule has 25 heavy (non-hydrogen) atoms. The molecule has 0 spiro atoms. The zero-order valence-electron chi connectivity index (χ0n) is 16.1. The highest BCUT2D eigenvalue weighted by Gasteiger charge is 2.47. The Morgan fingerprint density at radius 2 is 1.60 bits per heavy atom. The van der Waals surface area contributed by atoms with Crippen LogP contribution in [0.2, 0.25) is 0 Å². The van der Waals surface area contributed by atoms with Crippen LogP contribution >= 0.6 is 0 Å². The van der Waals surface area contributed by atoms with Crippen LogP contribution in [-0.2, 0) is 14.4 Å². The fraction of sp³-hybridized carbons (Fsp3) is 0.842. The van der Waals surface area contributed by atoms with Crippen molar-refractivity contribution in [2.45, 2.75) is 71.9 Å². The molecular formula is C19H33N3O3. The fourth-order valence-corrected chi connectivity index (χ4v) is 4.19. The first-order valence-electron chi connectivity index (χ1n) is 9.70. The molecule has 0 radical (unpaired) electrons. The Morgan fingerprint density at radius 3 is 2.08 bits per heavy atom. The number of amides is 3. The van der Waals surface area contributed by atoms with Crippen LogP contribution in [0.5, 0.6) is 0 Å². The van der Waals surface area contributed by atoms with Crippen molar-refractivity contribution in [3.05, 3.63) is 0 Å². The van der Waals surface area contributed by atoms with Crippen molar-refractivity contribution < 1.29 is 14.4 Å². The summed E-state index contributed by atoms with van der Waals surface area (Å²) in [5, 5.41) is 2.91. The van der Waals surface area contributed by atoms with Gasteiger partial charge >= 0.3 is 0 Å². The van der Waals surface area contributed by atoms with Gasteiger partial charge in [0.15, 0.2) is 0 Å². The first-order valence-corrected chi connectivity index (χ1v) is 9.70. The summed E-state index contributed by atoms with van der Waals surface area (Å²) >= 11 is 0. The van der Waals surface area contributed by atoms with E-state index in [0.717, 1.165) is 32.2 Å². The molecule has 2 rings (SSSR count). The van der Waals surface area contributed by atoms with Crippen molar-refractivity contribution in [2.24, 2.45) is 11.8 Å². The molecule has 1 aliphatic carbocycles. The van der Waals surface area contributed by atoms with Crippen molar-refractivity contribution in [3.63, 3.8) is 0 Å². The second kappa shape index (κ2) is 8.79. The topological polar surface area (TPSA) is 69.7 Å². The number of carbonyl (C=O) groups excluding carboxylic acids is 3. The van der Waals surface area contributed by atoms with E-state index in [2.05, 4.69) is 37.9 Å². The highest BCUT2D eigenvalue weighted by Crippen LogP contribution is 2.37. The van der Waals surface area contributed by atoms with Gasteiger partial charge in [-0.2, -0.15) is 0 Å². The van der Waals surface area contributed by atoms with Gasteiger partial charge in [-0.15, -0.1) is 0 Å². The summed E-state index contributed by atoms with van der Waals surface area (Å²) in [5.41, 5.74) is 0. The van der Waals surface area contributed by atoms with Gasteiger partial charge in [-0.05, 0) is 40.5 Å². The summed E-state index contributed by atoms with van der Waals surface area (Å²) in [4.78, 5) is 40.5. The maximum Gasteiger partial charge on any atom is 0.233 e. The molecule has 1 saturated carbocycles. The highest BCUT2D eigenvalue weighted by molar-refractivity contribution is 6.05. The highest BCUT2D eigenvalue weighted by atomic mass is 16.2. The second-order valence-corrected chi connectivity index (χ2v) is 7.85. The zero-order chi connectivity index (χ0) is 18.6. The lowest BCUT2D eigenvalue weighted by Gasteiger charge is -2.30. The third kappa shape index (κ3) is 4.81. The normalized spacial score (nSPS) is 23.7. The molecule has 1 heterocycles. The molecule has 142 valence electrons. The van der Waals surface area contributed by atoms with E-state index >= 15 is 0 Å². The molecular weight excluding hydrogens is 318 g/mol. The summed E-state index contributed by atoms with van der Waals surface area (Å²) in [7, 11) is 0. The lowest BCUT2D eigenvalue weighted by atomic mass is 9.81. The van der Waals surface area contributed by atoms with E-state index in [1.807, 2.05) is 0 Å². The summed E-state index contributed by atoms with van der Waals surface area (Å²) in [6.45, 7) is 10.2. The first-order chi connectivity index (χ1) is 11.8. The van der Waals surface area contributed by atoms with E-state index in [4.69, 9.17) is 0 Å². The molecule has 6 heteroatoms. The minimum atomic E-state index is -0.130. The fourth-order valence-electron chi connectivity index (χ4n) is 4.19. The van der Waals surface area contributed by atoms with Crippen molar-refractivity contribution in [1.29, 1.82) is 0 Å². The molecule has 0 aromatic rings. The maximum atomic E-state index is 12.4. The van der Waals surface area contributed by atoms with Crippen molar-refractivity contribution in [1.82, 2.24) is 15.1 Å². The molecule has 1 N–H and O–H groups in total. The van der Waals surface area contributed by atoms with Gasteiger partial charge < -0.3 is 5.32 Å². The van der Waals surface area contributed by atoms with E-state index in [0.29, 0.717) is 18.6 Å². The number of hydrogen-bond donors (Lipinski definition) is 1. The molecule has 0 bridgehead atoms. The average Bonchev–Trinajstić information content (AvgIpc) is 2.80. The minimum Gasteiger partial charge on any atom is -0.355 e. The third-order valence-electron chi connectivity index (χ3n) is 5.51. The van der Waals surface area contributed by atoms with Crippen LogP contribution < -0.4 is 5.32 Å². The number of imide groups is 1. The van der Waals surface area contributed by atoms with Gasteiger partial charge in [0.25, 0.3) is 0 Å². The first kappa shape index (κ1) is 19.9. The van der Waals surface area contributed by atoms with Crippen LogP contribution in [0.4, 0.5) is 0 Å². The van der Waals surface area contributed by atoms with Gasteiger partial charge in [0.05, 0.1) is 11.8 Å². The van der Waals surface area contributed by atoms with Gasteiger partial charge in [-0.3, -0.25) is 24.2 Å². The average molecular weight is 351 g/mol. The Hall–Kier alpha value is -1.43. The number of nitrogens with zero attached hydrogens (tertiary/aromatic N) is 2. The van der Waals surface area contributed by atoms with Crippen molar-refractivity contribution in [2.75, 3.05) is 19.6 Å². The van der Waals surface area contributed by atoms with Crippen LogP contribution in [-0.4, -0.2) is 59.2 Å². The van der Waals surface area contributed by atoms with Gasteiger partial charge in [0.2, 0.25) is 17.7 Å². The smallest absolute Gasteiger partial charge is 0.233 e. The quantitative estimate of drug-likeness (QED) is 0.677. The molecule has 1 aliphatic heterocycles. The Bertz CT molecular complexity index is 472. The minimum absolute atomic E-state index is 0.0618. The number of carbonyl (C=O) groups is 3. The van der Waals surface area contributed by atoms with E-state index < -0.39 is 0 Å². The Kier molecular flexibility index (Phi) is 6.99. The molecule has 0 aromatic heterocycles. The van der Waals surface area contributed by atoms with Gasteiger partial charge in [0, 0.05) is 38.1 Å². The maximum absolute atomic E-state index is 12.4. The lowest BCUT2D eigenvalue weighted by molar-refractivity contribution is -0.140. The third-order valence-corrected chi connectivity index (χ3v) is 5.51. The summed E-state index contributed by atoms with van der Waals surface area (Å²) in [5.74, 6) is -0.477. The molecule has 2 fully saturated rings. The van der Waals surface area contributed by atoms with Crippen LogP contribution in [0, 0.1) is 11.8 Å². The van der Waals surface area contributed by atoms with Gasteiger partial charge in [-0.1, -0.05) is 12.8 Å². The van der Waals surface area contributed by atoms with Gasteiger partial charge in [0.1, 0.15) is 0 Å². The molecule has 3 amide bonds.